The summed E-state index contributed by atoms with van der Waals surface area (Å²) in [5.41, 5.74) is 2.20. The molecule has 0 aliphatic heterocycles. The summed E-state index contributed by atoms with van der Waals surface area (Å²) in [6.45, 7) is 0. The number of alkyl halides is 1. The Bertz CT molecular complexity index is 540. The van der Waals surface area contributed by atoms with Crippen LogP contribution in [-0.4, -0.2) is 6.26 Å². The zero-order valence-electron chi connectivity index (χ0n) is 9.66. The van der Waals surface area contributed by atoms with E-state index in [4.69, 9.17) is 23.2 Å². The molecule has 4 heteroatoms. The van der Waals surface area contributed by atoms with Gasteiger partial charge in [0.2, 0.25) is 0 Å². The van der Waals surface area contributed by atoms with Gasteiger partial charge in [-0.1, -0.05) is 57.3 Å². The van der Waals surface area contributed by atoms with E-state index in [1.165, 1.54) is 10.5 Å². The Hall–Kier alpha value is -0.150. The van der Waals surface area contributed by atoms with Crippen LogP contribution in [0, 0.1) is 0 Å². The van der Waals surface area contributed by atoms with E-state index in [1.807, 2.05) is 12.1 Å². The maximum Gasteiger partial charge on any atom is 0.0659 e. The van der Waals surface area contributed by atoms with Crippen molar-refractivity contribution in [2.75, 3.05) is 6.26 Å². The molecule has 2 aromatic carbocycles. The van der Waals surface area contributed by atoms with E-state index < -0.39 is 0 Å². The van der Waals surface area contributed by atoms with Crippen LogP contribution >= 0.6 is 50.9 Å². The van der Waals surface area contributed by atoms with Gasteiger partial charge in [0.25, 0.3) is 0 Å². The zero-order valence-corrected chi connectivity index (χ0v) is 13.6. The maximum absolute atomic E-state index is 6.21. The number of rotatable bonds is 3. The van der Waals surface area contributed by atoms with Crippen LogP contribution < -0.4 is 0 Å². The third-order valence-corrected chi connectivity index (χ3v) is 4.97. The molecule has 0 saturated carbocycles. The maximum atomic E-state index is 6.21. The van der Waals surface area contributed by atoms with Crippen molar-refractivity contribution in [1.82, 2.24) is 0 Å². The molecule has 0 N–H and O–H groups in total. The molecule has 0 aliphatic rings. The second-order valence-electron chi connectivity index (χ2n) is 3.80. The van der Waals surface area contributed by atoms with Gasteiger partial charge in [-0.2, -0.15) is 0 Å². The van der Waals surface area contributed by atoms with Gasteiger partial charge in [0, 0.05) is 14.9 Å². The van der Waals surface area contributed by atoms with Gasteiger partial charge in [-0.25, -0.2) is 0 Å². The predicted octanol–water partition coefficient (Wildman–Crippen LogP) is 6.20. The highest BCUT2D eigenvalue weighted by Gasteiger charge is 2.13. The Kier molecular flexibility index (Phi) is 5.02. The Balaban J connectivity index is 2.31. The molecule has 0 heterocycles. The molecule has 94 valence electrons. The highest BCUT2D eigenvalue weighted by molar-refractivity contribution is 9.09. The SMILES string of the molecule is CSc1ccc(C(Br)c2ccc(Cl)cc2Cl)cc1. The van der Waals surface area contributed by atoms with Gasteiger partial charge >= 0.3 is 0 Å². The smallest absolute Gasteiger partial charge is 0.0659 e. The predicted molar refractivity (Wildman–Crippen MR) is 85.5 cm³/mol. The summed E-state index contributed by atoms with van der Waals surface area (Å²) in [5, 5.41) is 1.33. The van der Waals surface area contributed by atoms with Crippen molar-refractivity contribution in [3.05, 3.63) is 63.6 Å². The van der Waals surface area contributed by atoms with Crippen molar-refractivity contribution in [2.45, 2.75) is 9.72 Å². The quantitative estimate of drug-likeness (QED) is 0.463. The second-order valence-corrected chi connectivity index (χ2v) is 6.44. The first-order valence-corrected chi connectivity index (χ1v) is 8.24. The van der Waals surface area contributed by atoms with Crippen LogP contribution in [0.15, 0.2) is 47.4 Å². The van der Waals surface area contributed by atoms with Crippen molar-refractivity contribution >= 4 is 50.9 Å². The van der Waals surface area contributed by atoms with E-state index in [-0.39, 0.29) is 4.83 Å². The second kappa shape index (κ2) is 6.33. The number of benzene rings is 2. The molecule has 0 nitrogen and oxygen atoms in total. The van der Waals surface area contributed by atoms with Crippen LogP contribution in [0.25, 0.3) is 0 Å². The van der Waals surface area contributed by atoms with Crippen LogP contribution in [0.5, 0.6) is 0 Å². The Morgan fingerprint density at radius 2 is 1.72 bits per heavy atom. The molecule has 0 aliphatic carbocycles. The molecule has 1 atom stereocenters. The summed E-state index contributed by atoms with van der Waals surface area (Å²) in [6, 6.07) is 14.0. The minimum atomic E-state index is 0.0816. The molecule has 2 rings (SSSR count). The molecule has 0 fully saturated rings. The summed E-state index contributed by atoms with van der Waals surface area (Å²) in [4.78, 5) is 1.33. The van der Waals surface area contributed by atoms with Crippen molar-refractivity contribution in [1.29, 1.82) is 0 Å². The van der Waals surface area contributed by atoms with Gasteiger partial charge in [0.05, 0.1) is 4.83 Å². The lowest BCUT2D eigenvalue weighted by Gasteiger charge is -2.13. The summed E-state index contributed by atoms with van der Waals surface area (Å²) in [6.07, 6.45) is 2.07. The number of halogens is 3. The normalized spacial score (nSPS) is 12.4. The Labute approximate surface area is 130 Å². The fourth-order valence-corrected chi connectivity index (χ4v) is 3.42. The monoisotopic (exact) mass is 360 g/mol. The summed E-state index contributed by atoms with van der Waals surface area (Å²) in [5.74, 6) is 0. The molecule has 0 aromatic heterocycles. The fourth-order valence-electron chi connectivity index (χ4n) is 1.66. The van der Waals surface area contributed by atoms with E-state index in [1.54, 1.807) is 17.8 Å². The molecule has 0 spiro atoms. The summed E-state index contributed by atoms with van der Waals surface area (Å²) >= 11 is 17.5. The van der Waals surface area contributed by atoms with E-state index in [0.29, 0.717) is 10.0 Å². The fraction of sp³-hybridized carbons (Fsp3) is 0.143. The Morgan fingerprint density at radius 1 is 1.06 bits per heavy atom. The molecular weight excluding hydrogens is 351 g/mol. The lowest BCUT2D eigenvalue weighted by atomic mass is 10.1. The van der Waals surface area contributed by atoms with E-state index in [2.05, 4.69) is 46.5 Å². The highest BCUT2D eigenvalue weighted by atomic mass is 79.9. The van der Waals surface area contributed by atoms with E-state index >= 15 is 0 Å². The largest absolute Gasteiger partial charge is 0.130 e. The van der Waals surface area contributed by atoms with Gasteiger partial charge in [-0.15, -0.1) is 11.8 Å². The molecular formula is C14H11BrCl2S. The molecule has 0 bridgehead atoms. The van der Waals surface area contributed by atoms with Crippen LogP contribution in [0.3, 0.4) is 0 Å². The van der Waals surface area contributed by atoms with Crippen LogP contribution in [0.1, 0.15) is 16.0 Å². The van der Waals surface area contributed by atoms with Crippen molar-refractivity contribution in [3.8, 4) is 0 Å². The minimum absolute atomic E-state index is 0.0816. The number of thioether (sulfide) groups is 1. The molecule has 2 aromatic rings. The topological polar surface area (TPSA) is 0 Å². The van der Waals surface area contributed by atoms with Crippen LogP contribution in [0.4, 0.5) is 0 Å². The van der Waals surface area contributed by atoms with Gasteiger partial charge in [0.1, 0.15) is 0 Å². The molecule has 18 heavy (non-hydrogen) atoms. The standard InChI is InChI=1S/C14H11BrCl2S/c1-18-11-5-2-9(3-6-11)14(15)12-7-4-10(16)8-13(12)17/h2-8,14H,1H3. The zero-order chi connectivity index (χ0) is 13.1. The molecule has 1 unspecified atom stereocenters. The first kappa shape index (κ1) is 14.3. The van der Waals surface area contributed by atoms with Crippen LogP contribution in [0.2, 0.25) is 10.0 Å². The molecule has 0 radical (unpaired) electrons. The molecule has 0 saturated heterocycles. The van der Waals surface area contributed by atoms with Gasteiger partial charge in [-0.3, -0.25) is 0 Å². The average molecular weight is 362 g/mol. The van der Waals surface area contributed by atoms with E-state index in [9.17, 15) is 0 Å². The van der Waals surface area contributed by atoms with E-state index in [0.717, 1.165) is 5.56 Å². The van der Waals surface area contributed by atoms with Crippen molar-refractivity contribution in [3.63, 3.8) is 0 Å². The number of hydrogen-bond acceptors (Lipinski definition) is 1. The lowest BCUT2D eigenvalue weighted by Crippen LogP contribution is -1.93. The Morgan fingerprint density at radius 3 is 2.28 bits per heavy atom. The highest BCUT2D eigenvalue weighted by Crippen LogP contribution is 2.36. The van der Waals surface area contributed by atoms with Crippen LogP contribution in [-0.2, 0) is 0 Å². The van der Waals surface area contributed by atoms with Gasteiger partial charge in [-0.05, 0) is 41.6 Å². The van der Waals surface area contributed by atoms with Crippen molar-refractivity contribution in [2.24, 2.45) is 0 Å². The van der Waals surface area contributed by atoms with Gasteiger partial charge < -0.3 is 0 Å². The first-order valence-electron chi connectivity index (χ1n) is 5.35. The third-order valence-electron chi connectivity index (χ3n) is 2.64. The number of hydrogen-bond donors (Lipinski definition) is 0. The summed E-state index contributed by atoms with van der Waals surface area (Å²) in [7, 11) is 0. The minimum Gasteiger partial charge on any atom is -0.130 e. The van der Waals surface area contributed by atoms with Gasteiger partial charge in [0.15, 0.2) is 0 Å². The summed E-state index contributed by atoms with van der Waals surface area (Å²) < 4.78 is 0. The van der Waals surface area contributed by atoms with Crippen molar-refractivity contribution < 1.29 is 0 Å². The first-order chi connectivity index (χ1) is 8.61. The lowest BCUT2D eigenvalue weighted by molar-refractivity contribution is 1.17. The molecule has 0 amide bonds. The average Bonchev–Trinajstić information content (AvgIpc) is 2.38. The third kappa shape index (κ3) is 3.24.